The number of rotatable bonds is 4. The molecule has 1 aromatic heterocycles. The van der Waals surface area contributed by atoms with E-state index in [4.69, 9.17) is 0 Å². The molecule has 0 aliphatic carbocycles. The van der Waals surface area contributed by atoms with Gasteiger partial charge in [0.05, 0.1) is 5.56 Å². The average Bonchev–Trinajstić information content (AvgIpc) is 3.12. The first-order valence-corrected chi connectivity index (χ1v) is 7.87. The lowest BCUT2D eigenvalue weighted by Crippen LogP contribution is -2.23. The van der Waals surface area contributed by atoms with Gasteiger partial charge in [-0.25, -0.2) is 0 Å². The molecule has 108 valence electrons. The van der Waals surface area contributed by atoms with Gasteiger partial charge in [0.2, 0.25) is 5.91 Å². The summed E-state index contributed by atoms with van der Waals surface area (Å²) in [5.41, 5.74) is 2.46. The molecule has 5 heteroatoms. The van der Waals surface area contributed by atoms with Crippen molar-refractivity contribution in [3.8, 4) is 0 Å². The highest BCUT2D eigenvalue weighted by molar-refractivity contribution is 7.08. The molecule has 0 atom stereocenters. The Labute approximate surface area is 127 Å². The molecule has 1 fully saturated rings. The summed E-state index contributed by atoms with van der Waals surface area (Å²) in [6.45, 7) is 1.44. The third kappa shape index (κ3) is 3.31. The molecular formula is C16H16N2O2S. The fourth-order valence-electron chi connectivity index (χ4n) is 2.44. The fraction of sp³-hybridized carbons (Fsp3) is 0.250. The van der Waals surface area contributed by atoms with Gasteiger partial charge >= 0.3 is 0 Å². The second-order valence-electron chi connectivity index (χ2n) is 5.09. The molecule has 2 aromatic rings. The van der Waals surface area contributed by atoms with Gasteiger partial charge in [-0.3, -0.25) is 9.59 Å². The largest absolute Gasteiger partial charge is 0.338 e. The Kier molecular flexibility index (Phi) is 4.01. The van der Waals surface area contributed by atoms with Gasteiger partial charge < -0.3 is 10.2 Å². The smallest absolute Gasteiger partial charge is 0.256 e. The normalized spacial score (nSPS) is 14.5. The number of hydrogen-bond donors (Lipinski definition) is 1. The Morgan fingerprint density at radius 1 is 1.33 bits per heavy atom. The highest BCUT2D eigenvalue weighted by Gasteiger charge is 2.20. The van der Waals surface area contributed by atoms with Gasteiger partial charge in [-0.2, -0.15) is 11.3 Å². The number of anilines is 1. The summed E-state index contributed by atoms with van der Waals surface area (Å²) in [6, 6.07) is 9.47. The van der Waals surface area contributed by atoms with Crippen molar-refractivity contribution in [1.82, 2.24) is 4.90 Å². The standard InChI is InChI=1S/C16H16N2O2S/c19-15-5-2-7-18(15)10-12-3-1-4-14(9-12)17-16(20)13-6-8-21-11-13/h1,3-4,6,8-9,11H,2,5,7,10H2,(H,17,20). The van der Waals surface area contributed by atoms with E-state index in [9.17, 15) is 9.59 Å². The van der Waals surface area contributed by atoms with Crippen molar-refractivity contribution >= 4 is 28.8 Å². The molecule has 1 N–H and O–H groups in total. The van der Waals surface area contributed by atoms with Crippen molar-refractivity contribution in [2.45, 2.75) is 19.4 Å². The first kappa shape index (κ1) is 13.8. The molecular weight excluding hydrogens is 284 g/mol. The minimum Gasteiger partial charge on any atom is -0.338 e. The number of likely N-dealkylation sites (tertiary alicyclic amines) is 1. The zero-order valence-electron chi connectivity index (χ0n) is 11.5. The van der Waals surface area contributed by atoms with Crippen LogP contribution in [0.4, 0.5) is 5.69 Å². The van der Waals surface area contributed by atoms with Crippen LogP contribution in [0, 0.1) is 0 Å². The molecule has 1 saturated heterocycles. The van der Waals surface area contributed by atoms with Gasteiger partial charge in [-0.1, -0.05) is 12.1 Å². The highest BCUT2D eigenvalue weighted by atomic mass is 32.1. The molecule has 0 radical (unpaired) electrons. The van der Waals surface area contributed by atoms with Crippen LogP contribution in [0.1, 0.15) is 28.8 Å². The summed E-state index contributed by atoms with van der Waals surface area (Å²) >= 11 is 1.50. The predicted molar refractivity (Wildman–Crippen MR) is 83.4 cm³/mol. The van der Waals surface area contributed by atoms with Crippen molar-refractivity contribution in [2.24, 2.45) is 0 Å². The Balaban J connectivity index is 1.68. The topological polar surface area (TPSA) is 49.4 Å². The molecule has 1 aliphatic rings. The Bertz CT molecular complexity index is 652. The summed E-state index contributed by atoms with van der Waals surface area (Å²) in [5.74, 6) is 0.105. The Morgan fingerprint density at radius 3 is 2.95 bits per heavy atom. The van der Waals surface area contributed by atoms with Crippen LogP contribution in [0.15, 0.2) is 41.1 Å². The van der Waals surface area contributed by atoms with E-state index in [0.29, 0.717) is 18.5 Å². The summed E-state index contributed by atoms with van der Waals surface area (Å²) < 4.78 is 0. The van der Waals surface area contributed by atoms with Crippen LogP contribution in [0.25, 0.3) is 0 Å². The van der Waals surface area contributed by atoms with E-state index in [2.05, 4.69) is 5.32 Å². The number of carbonyl (C=O) groups is 2. The van der Waals surface area contributed by atoms with Gasteiger partial charge in [-0.15, -0.1) is 0 Å². The molecule has 2 heterocycles. The summed E-state index contributed by atoms with van der Waals surface area (Å²) in [4.78, 5) is 25.5. The van der Waals surface area contributed by atoms with Crippen LogP contribution in [-0.2, 0) is 11.3 Å². The molecule has 0 spiro atoms. The number of amides is 2. The lowest BCUT2D eigenvalue weighted by Gasteiger charge is -2.16. The zero-order valence-corrected chi connectivity index (χ0v) is 12.4. The molecule has 0 bridgehead atoms. The van der Waals surface area contributed by atoms with E-state index in [1.54, 1.807) is 6.07 Å². The third-order valence-corrected chi connectivity index (χ3v) is 4.20. The van der Waals surface area contributed by atoms with E-state index in [1.807, 2.05) is 39.9 Å². The van der Waals surface area contributed by atoms with E-state index < -0.39 is 0 Å². The average molecular weight is 300 g/mol. The van der Waals surface area contributed by atoms with E-state index >= 15 is 0 Å². The van der Waals surface area contributed by atoms with Crippen LogP contribution in [0.5, 0.6) is 0 Å². The van der Waals surface area contributed by atoms with Gasteiger partial charge in [0.25, 0.3) is 5.91 Å². The third-order valence-electron chi connectivity index (χ3n) is 3.51. The van der Waals surface area contributed by atoms with Crippen LogP contribution < -0.4 is 5.32 Å². The predicted octanol–water partition coefficient (Wildman–Crippen LogP) is 3.12. The lowest BCUT2D eigenvalue weighted by molar-refractivity contribution is -0.128. The van der Waals surface area contributed by atoms with Crippen LogP contribution >= 0.6 is 11.3 Å². The van der Waals surface area contributed by atoms with Gasteiger partial charge in [0, 0.05) is 30.6 Å². The Hall–Kier alpha value is -2.14. The fourth-order valence-corrected chi connectivity index (χ4v) is 3.07. The molecule has 0 unspecified atom stereocenters. The molecule has 21 heavy (non-hydrogen) atoms. The minimum absolute atomic E-state index is 0.106. The number of benzene rings is 1. The summed E-state index contributed by atoms with van der Waals surface area (Å²) in [7, 11) is 0. The summed E-state index contributed by atoms with van der Waals surface area (Å²) in [5, 5.41) is 6.59. The van der Waals surface area contributed by atoms with Crippen molar-refractivity contribution in [3.63, 3.8) is 0 Å². The number of nitrogens with one attached hydrogen (secondary N) is 1. The number of hydrogen-bond acceptors (Lipinski definition) is 3. The molecule has 0 saturated carbocycles. The minimum atomic E-state index is -0.106. The quantitative estimate of drug-likeness (QED) is 0.943. The van der Waals surface area contributed by atoms with Crippen LogP contribution in [0.2, 0.25) is 0 Å². The van der Waals surface area contributed by atoms with Crippen molar-refractivity contribution < 1.29 is 9.59 Å². The molecule has 1 aliphatic heterocycles. The molecule has 4 nitrogen and oxygen atoms in total. The molecule has 2 amide bonds. The Morgan fingerprint density at radius 2 is 2.24 bits per heavy atom. The van der Waals surface area contributed by atoms with Crippen LogP contribution in [-0.4, -0.2) is 23.3 Å². The maximum Gasteiger partial charge on any atom is 0.256 e. The maximum atomic E-state index is 12.0. The summed E-state index contributed by atoms with van der Waals surface area (Å²) in [6.07, 6.45) is 1.59. The number of carbonyl (C=O) groups excluding carboxylic acids is 2. The first-order chi connectivity index (χ1) is 10.2. The van der Waals surface area contributed by atoms with E-state index in [1.165, 1.54) is 11.3 Å². The lowest BCUT2D eigenvalue weighted by atomic mass is 10.2. The second-order valence-corrected chi connectivity index (χ2v) is 5.87. The van der Waals surface area contributed by atoms with E-state index in [0.717, 1.165) is 24.2 Å². The SMILES string of the molecule is O=C(Nc1cccc(CN2CCCC2=O)c1)c1ccsc1. The van der Waals surface area contributed by atoms with Crippen molar-refractivity contribution in [2.75, 3.05) is 11.9 Å². The van der Waals surface area contributed by atoms with Gasteiger partial charge in [0.15, 0.2) is 0 Å². The van der Waals surface area contributed by atoms with Gasteiger partial charge in [-0.05, 0) is 35.6 Å². The van der Waals surface area contributed by atoms with Gasteiger partial charge in [0.1, 0.15) is 0 Å². The van der Waals surface area contributed by atoms with Crippen LogP contribution in [0.3, 0.4) is 0 Å². The molecule has 1 aromatic carbocycles. The van der Waals surface area contributed by atoms with Crippen molar-refractivity contribution in [1.29, 1.82) is 0 Å². The first-order valence-electron chi connectivity index (χ1n) is 6.92. The maximum absolute atomic E-state index is 12.0. The highest BCUT2D eigenvalue weighted by Crippen LogP contribution is 2.18. The second kappa shape index (κ2) is 6.10. The van der Waals surface area contributed by atoms with E-state index in [-0.39, 0.29) is 11.8 Å². The number of thiophene rings is 1. The zero-order chi connectivity index (χ0) is 14.7. The molecule has 3 rings (SSSR count). The van der Waals surface area contributed by atoms with Crippen molar-refractivity contribution in [3.05, 3.63) is 52.2 Å². The number of nitrogens with zero attached hydrogens (tertiary/aromatic N) is 1. The monoisotopic (exact) mass is 300 g/mol.